The third kappa shape index (κ3) is 5.83. The Balaban J connectivity index is 1.84. The predicted octanol–water partition coefficient (Wildman–Crippen LogP) is 1.61. The van der Waals surface area contributed by atoms with Gasteiger partial charge in [0.05, 0.1) is 23.7 Å². The fourth-order valence-electron chi connectivity index (χ4n) is 2.15. The number of carbonyl (C=O) groups excluding carboxylic acids is 2. The number of amides is 2. The molecule has 0 spiro atoms. The molecule has 0 heterocycles. The molecule has 3 N–H and O–H groups in total. The molecule has 0 saturated heterocycles. The first-order valence-corrected chi connectivity index (χ1v) is 9.65. The molecular weight excluding hydrogens is 392 g/mol. The smallest absolute Gasteiger partial charge is 0.243 e. The van der Waals surface area contributed by atoms with Gasteiger partial charge in [0.25, 0.3) is 0 Å². The first-order valence-electron chi connectivity index (χ1n) is 8.17. The summed E-state index contributed by atoms with van der Waals surface area (Å²) in [5, 5.41) is 4.37. The second-order valence-corrected chi connectivity index (χ2v) is 7.79. The average molecular weight is 411 g/mol. The van der Waals surface area contributed by atoms with E-state index in [9.17, 15) is 26.8 Å². The van der Waals surface area contributed by atoms with Crippen LogP contribution in [0, 0.1) is 25.5 Å². The van der Waals surface area contributed by atoms with Crippen molar-refractivity contribution in [2.75, 3.05) is 18.4 Å². The summed E-state index contributed by atoms with van der Waals surface area (Å²) in [6.07, 6.45) is 0. The van der Waals surface area contributed by atoms with E-state index in [2.05, 4.69) is 15.4 Å². The van der Waals surface area contributed by atoms with Crippen LogP contribution in [0.1, 0.15) is 11.1 Å². The molecule has 0 saturated carbocycles. The van der Waals surface area contributed by atoms with Crippen molar-refractivity contribution in [3.05, 3.63) is 59.2 Å². The fraction of sp³-hybridized carbons (Fsp3) is 0.222. The van der Waals surface area contributed by atoms with Gasteiger partial charge < -0.3 is 10.6 Å². The second-order valence-electron chi connectivity index (χ2n) is 6.02. The van der Waals surface area contributed by atoms with E-state index in [1.807, 2.05) is 6.92 Å². The molecular formula is C18H19F2N3O4S. The molecule has 0 aromatic heterocycles. The van der Waals surface area contributed by atoms with E-state index in [0.29, 0.717) is 6.07 Å². The van der Waals surface area contributed by atoms with Gasteiger partial charge in [0.15, 0.2) is 0 Å². The van der Waals surface area contributed by atoms with E-state index in [-0.39, 0.29) is 10.6 Å². The maximum Gasteiger partial charge on any atom is 0.243 e. The fourth-order valence-corrected chi connectivity index (χ4v) is 3.22. The molecule has 10 heteroatoms. The third-order valence-corrected chi connectivity index (χ3v) is 5.26. The second kappa shape index (κ2) is 8.89. The molecule has 2 rings (SSSR count). The third-order valence-electron chi connectivity index (χ3n) is 3.86. The molecule has 0 unspecified atom stereocenters. The summed E-state index contributed by atoms with van der Waals surface area (Å²) in [6.45, 7) is 2.52. The summed E-state index contributed by atoms with van der Waals surface area (Å²) in [4.78, 5) is 23.5. The highest BCUT2D eigenvalue weighted by Gasteiger charge is 2.16. The van der Waals surface area contributed by atoms with Gasteiger partial charge in [0, 0.05) is 6.07 Å². The largest absolute Gasteiger partial charge is 0.346 e. The molecule has 2 aromatic carbocycles. The maximum absolute atomic E-state index is 13.5. The van der Waals surface area contributed by atoms with Crippen molar-refractivity contribution in [3.63, 3.8) is 0 Å². The highest BCUT2D eigenvalue weighted by molar-refractivity contribution is 7.89. The molecule has 2 aromatic rings. The van der Waals surface area contributed by atoms with Gasteiger partial charge in [-0.15, -0.1) is 0 Å². The lowest BCUT2D eigenvalue weighted by Gasteiger charge is -2.10. The predicted molar refractivity (Wildman–Crippen MR) is 99.1 cm³/mol. The number of sulfonamides is 1. The average Bonchev–Trinajstić information content (AvgIpc) is 2.63. The lowest BCUT2D eigenvalue weighted by Crippen LogP contribution is -2.40. The number of anilines is 1. The van der Waals surface area contributed by atoms with Crippen LogP contribution in [-0.2, 0) is 19.6 Å². The Labute approximate surface area is 161 Å². The zero-order valence-corrected chi connectivity index (χ0v) is 16.0. The minimum absolute atomic E-state index is 0.0212. The molecule has 0 bridgehead atoms. The minimum atomic E-state index is -3.89. The number of carbonyl (C=O) groups is 2. The maximum atomic E-state index is 13.5. The Morgan fingerprint density at radius 2 is 1.64 bits per heavy atom. The summed E-state index contributed by atoms with van der Waals surface area (Å²) in [6, 6.07) is 7.19. The summed E-state index contributed by atoms with van der Waals surface area (Å²) in [5.41, 5.74) is 1.48. The van der Waals surface area contributed by atoms with Gasteiger partial charge in [-0.3, -0.25) is 9.59 Å². The number of aryl methyl sites for hydroxylation is 2. The van der Waals surface area contributed by atoms with Gasteiger partial charge in [-0.2, -0.15) is 0 Å². The Bertz CT molecular complexity index is 1010. The lowest BCUT2D eigenvalue weighted by molar-refractivity contribution is -0.123. The molecule has 0 fully saturated rings. The van der Waals surface area contributed by atoms with Crippen LogP contribution >= 0.6 is 0 Å². The monoisotopic (exact) mass is 411 g/mol. The molecule has 7 nitrogen and oxygen atoms in total. The van der Waals surface area contributed by atoms with Gasteiger partial charge in [-0.1, -0.05) is 6.07 Å². The number of hydrogen-bond acceptors (Lipinski definition) is 4. The lowest BCUT2D eigenvalue weighted by atomic mass is 10.1. The van der Waals surface area contributed by atoms with E-state index in [1.54, 1.807) is 13.0 Å². The SMILES string of the molecule is Cc1ccc(S(=O)(=O)NCC(=O)NCC(=O)Nc2ccc(F)cc2F)cc1C. The summed E-state index contributed by atoms with van der Waals surface area (Å²) >= 11 is 0. The molecule has 2 amide bonds. The van der Waals surface area contributed by atoms with E-state index in [0.717, 1.165) is 23.3 Å². The van der Waals surface area contributed by atoms with Crippen LogP contribution in [0.5, 0.6) is 0 Å². The normalized spacial score (nSPS) is 11.1. The molecule has 0 aliphatic heterocycles. The molecule has 0 radical (unpaired) electrons. The summed E-state index contributed by atoms with van der Waals surface area (Å²) < 4.78 is 52.8. The zero-order chi connectivity index (χ0) is 20.9. The Morgan fingerprint density at radius 3 is 2.29 bits per heavy atom. The zero-order valence-electron chi connectivity index (χ0n) is 15.2. The van der Waals surface area contributed by atoms with E-state index in [1.165, 1.54) is 12.1 Å². The van der Waals surface area contributed by atoms with Gasteiger partial charge in [0.1, 0.15) is 11.6 Å². The first kappa shape index (κ1) is 21.5. The topological polar surface area (TPSA) is 104 Å². The van der Waals surface area contributed by atoms with Gasteiger partial charge in [0.2, 0.25) is 21.8 Å². The molecule has 0 aliphatic rings. The van der Waals surface area contributed by atoms with Gasteiger partial charge in [-0.05, 0) is 49.2 Å². The van der Waals surface area contributed by atoms with Crippen molar-refractivity contribution >= 4 is 27.5 Å². The van der Waals surface area contributed by atoms with Gasteiger partial charge >= 0.3 is 0 Å². The van der Waals surface area contributed by atoms with E-state index >= 15 is 0 Å². The van der Waals surface area contributed by atoms with Crippen molar-refractivity contribution < 1.29 is 26.8 Å². The van der Waals surface area contributed by atoms with Crippen LogP contribution in [0.25, 0.3) is 0 Å². The molecule has 150 valence electrons. The van der Waals surface area contributed by atoms with Crippen molar-refractivity contribution in [3.8, 4) is 0 Å². The van der Waals surface area contributed by atoms with Crippen molar-refractivity contribution in [2.45, 2.75) is 18.7 Å². The van der Waals surface area contributed by atoms with Crippen LogP contribution in [0.2, 0.25) is 0 Å². The Kier molecular flexibility index (Phi) is 6.81. The van der Waals surface area contributed by atoms with E-state index < -0.39 is 46.6 Å². The molecule has 0 atom stereocenters. The van der Waals surface area contributed by atoms with Crippen molar-refractivity contribution in [1.29, 1.82) is 0 Å². The number of benzene rings is 2. The number of rotatable bonds is 7. The number of nitrogens with one attached hydrogen (secondary N) is 3. The van der Waals surface area contributed by atoms with Crippen LogP contribution in [0.4, 0.5) is 14.5 Å². The Morgan fingerprint density at radius 1 is 0.929 bits per heavy atom. The molecule has 0 aliphatic carbocycles. The van der Waals surface area contributed by atoms with Crippen LogP contribution in [0.15, 0.2) is 41.3 Å². The molecule has 28 heavy (non-hydrogen) atoms. The summed E-state index contributed by atoms with van der Waals surface area (Å²) in [5.74, 6) is -3.25. The van der Waals surface area contributed by atoms with Crippen molar-refractivity contribution in [1.82, 2.24) is 10.0 Å². The van der Waals surface area contributed by atoms with Crippen LogP contribution in [0.3, 0.4) is 0 Å². The standard InChI is InChI=1S/C18H19F2N3O4S/c1-11-3-5-14(7-12(11)2)28(26,27)22-10-17(24)21-9-18(25)23-16-6-4-13(19)8-15(16)20/h3-8,22H,9-10H2,1-2H3,(H,21,24)(H,23,25). The van der Waals surface area contributed by atoms with E-state index in [4.69, 9.17) is 0 Å². The highest BCUT2D eigenvalue weighted by Crippen LogP contribution is 2.15. The van der Waals surface area contributed by atoms with Crippen molar-refractivity contribution in [2.24, 2.45) is 0 Å². The number of hydrogen-bond donors (Lipinski definition) is 3. The quantitative estimate of drug-likeness (QED) is 0.644. The minimum Gasteiger partial charge on any atom is -0.346 e. The van der Waals surface area contributed by atoms with Crippen LogP contribution in [-0.4, -0.2) is 33.3 Å². The number of halogens is 2. The summed E-state index contributed by atoms with van der Waals surface area (Å²) in [7, 11) is -3.89. The van der Waals surface area contributed by atoms with Crippen LogP contribution < -0.4 is 15.4 Å². The Hall–Kier alpha value is -2.85. The van der Waals surface area contributed by atoms with Gasteiger partial charge in [-0.25, -0.2) is 21.9 Å². The highest BCUT2D eigenvalue weighted by atomic mass is 32.2. The first-order chi connectivity index (χ1) is 13.1.